The Balaban J connectivity index is 1.54. The van der Waals surface area contributed by atoms with E-state index in [9.17, 15) is 9.18 Å². The van der Waals surface area contributed by atoms with Gasteiger partial charge >= 0.3 is 5.69 Å². The average Bonchev–Trinajstić information content (AvgIpc) is 3.08. The first-order chi connectivity index (χ1) is 13.2. The van der Waals surface area contributed by atoms with Crippen LogP contribution in [0.3, 0.4) is 0 Å². The first-order valence-corrected chi connectivity index (χ1v) is 8.06. The molecule has 134 valence electrons. The molecule has 0 amide bonds. The molecule has 0 spiro atoms. The number of aromatic amines is 1. The fourth-order valence-electron chi connectivity index (χ4n) is 2.67. The molecule has 3 N–H and O–H groups in total. The second kappa shape index (κ2) is 6.72. The van der Waals surface area contributed by atoms with E-state index in [0.717, 1.165) is 0 Å². The van der Waals surface area contributed by atoms with Crippen molar-refractivity contribution >= 4 is 28.3 Å². The van der Waals surface area contributed by atoms with Crippen LogP contribution in [0.15, 0.2) is 41.3 Å². The van der Waals surface area contributed by atoms with Crippen LogP contribution >= 0.6 is 0 Å². The van der Waals surface area contributed by atoms with Gasteiger partial charge in [0.1, 0.15) is 17.7 Å². The van der Waals surface area contributed by atoms with E-state index in [0.29, 0.717) is 41.3 Å². The molecule has 4 aromatic rings. The van der Waals surface area contributed by atoms with E-state index in [2.05, 4.69) is 30.8 Å². The van der Waals surface area contributed by atoms with Crippen molar-refractivity contribution in [2.24, 2.45) is 0 Å². The van der Waals surface area contributed by atoms with Crippen LogP contribution in [0.2, 0.25) is 0 Å². The van der Waals surface area contributed by atoms with Gasteiger partial charge in [-0.1, -0.05) is 0 Å². The Kier molecular flexibility index (Phi) is 4.10. The molecule has 0 saturated carbocycles. The van der Waals surface area contributed by atoms with Crippen molar-refractivity contribution in [1.82, 2.24) is 24.6 Å². The maximum absolute atomic E-state index is 13.5. The van der Waals surface area contributed by atoms with Gasteiger partial charge in [-0.15, -0.1) is 5.10 Å². The van der Waals surface area contributed by atoms with Crippen molar-refractivity contribution in [2.45, 2.75) is 0 Å². The molecule has 0 bridgehead atoms. The Morgan fingerprint density at radius 2 is 2.07 bits per heavy atom. The van der Waals surface area contributed by atoms with E-state index in [-0.39, 0.29) is 5.65 Å². The van der Waals surface area contributed by atoms with Crippen LogP contribution in [-0.4, -0.2) is 37.7 Å². The van der Waals surface area contributed by atoms with E-state index in [1.165, 1.54) is 28.8 Å². The number of nitrogens with one attached hydrogen (secondary N) is 3. The monoisotopic (exact) mass is 364 g/mol. The number of aromatic nitrogens is 5. The number of nitriles is 1. The average molecular weight is 364 g/mol. The number of H-pyrrole nitrogens is 1. The summed E-state index contributed by atoms with van der Waals surface area (Å²) in [6.45, 7) is 0.987. The lowest BCUT2D eigenvalue weighted by atomic mass is 10.3. The molecule has 0 aliphatic carbocycles. The van der Waals surface area contributed by atoms with Crippen LogP contribution in [0, 0.1) is 17.1 Å². The molecular formula is C17H13FN8O. The van der Waals surface area contributed by atoms with Crippen molar-refractivity contribution in [1.29, 1.82) is 5.26 Å². The number of hydrogen-bond acceptors (Lipinski definition) is 7. The number of halogens is 1. The molecule has 0 fully saturated rings. The Hall–Kier alpha value is -4.00. The van der Waals surface area contributed by atoms with Crippen molar-refractivity contribution in [3.05, 3.63) is 58.4 Å². The summed E-state index contributed by atoms with van der Waals surface area (Å²) in [4.78, 5) is 20.6. The van der Waals surface area contributed by atoms with E-state index in [1.54, 1.807) is 12.1 Å². The molecule has 0 unspecified atom stereocenters. The van der Waals surface area contributed by atoms with Gasteiger partial charge in [0, 0.05) is 25.4 Å². The van der Waals surface area contributed by atoms with Crippen molar-refractivity contribution in [3.63, 3.8) is 0 Å². The van der Waals surface area contributed by atoms with Gasteiger partial charge in [0.05, 0.1) is 16.6 Å². The summed E-state index contributed by atoms with van der Waals surface area (Å²) in [5.74, 6) is 0.583. The first kappa shape index (κ1) is 16.5. The van der Waals surface area contributed by atoms with Crippen LogP contribution in [0.25, 0.3) is 16.7 Å². The SMILES string of the molecule is N#Cc1ccc(NCCNc2nc3ccc(F)cc3n3c(=O)[nH]nc23)nc1. The quantitative estimate of drug-likeness (QED) is 0.458. The zero-order valence-corrected chi connectivity index (χ0v) is 13.9. The third-order valence-corrected chi connectivity index (χ3v) is 3.91. The molecular weight excluding hydrogens is 351 g/mol. The molecule has 3 heterocycles. The third kappa shape index (κ3) is 3.13. The number of pyridine rings is 1. The number of benzene rings is 1. The van der Waals surface area contributed by atoms with Gasteiger partial charge in [-0.3, -0.25) is 0 Å². The fraction of sp³-hybridized carbons (Fsp3) is 0.118. The lowest BCUT2D eigenvalue weighted by Gasteiger charge is -2.10. The summed E-state index contributed by atoms with van der Waals surface area (Å²) in [5, 5.41) is 21.3. The maximum Gasteiger partial charge on any atom is 0.348 e. The van der Waals surface area contributed by atoms with Crippen molar-refractivity contribution in [2.75, 3.05) is 23.7 Å². The minimum atomic E-state index is -0.467. The Morgan fingerprint density at radius 1 is 1.22 bits per heavy atom. The van der Waals surface area contributed by atoms with E-state index in [4.69, 9.17) is 5.26 Å². The topological polar surface area (TPSA) is 124 Å². The van der Waals surface area contributed by atoms with Gasteiger partial charge in [-0.05, 0) is 24.3 Å². The minimum Gasteiger partial charge on any atom is -0.368 e. The standard InChI is InChI=1S/C17H13FN8O/c18-11-2-3-12-13(7-11)26-16(24-25-17(26)27)15(23-12)21-6-5-20-14-4-1-10(8-19)9-22-14/h1-4,7,9H,5-6H2,(H,20,22)(H,21,23)(H,25,27). The van der Waals surface area contributed by atoms with Gasteiger partial charge < -0.3 is 10.6 Å². The van der Waals surface area contributed by atoms with Crippen LogP contribution < -0.4 is 16.3 Å². The molecule has 1 aromatic carbocycles. The van der Waals surface area contributed by atoms with Crippen LogP contribution in [0.1, 0.15) is 5.56 Å². The highest BCUT2D eigenvalue weighted by molar-refractivity contribution is 5.82. The number of anilines is 2. The highest BCUT2D eigenvalue weighted by Crippen LogP contribution is 2.19. The zero-order chi connectivity index (χ0) is 18.8. The molecule has 9 nitrogen and oxygen atoms in total. The Bertz CT molecular complexity index is 1220. The van der Waals surface area contributed by atoms with Gasteiger partial charge in [0.25, 0.3) is 0 Å². The van der Waals surface area contributed by atoms with Crippen molar-refractivity contribution in [3.8, 4) is 6.07 Å². The predicted octanol–water partition coefficient (Wildman–Crippen LogP) is 1.50. The smallest absolute Gasteiger partial charge is 0.348 e. The van der Waals surface area contributed by atoms with Crippen LogP contribution in [-0.2, 0) is 0 Å². The highest BCUT2D eigenvalue weighted by Gasteiger charge is 2.13. The normalized spacial score (nSPS) is 10.8. The molecule has 27 heavy (non-hydrogen) atoms. The molecule has 10 heteroatoms. The van der Waals surface area contributed by atoms with Gasteiger partial charge in [-0.25, -0.2) is 28.7 Å². The number of fused-ring (bicyclic) bond motifs is 3. The first-order valence-electron chi connectivity index (χ1n) is 8.06. The summed E-state index contributed by atoms with van der Waals surface area (Å²) >= 11 is 0. The second-order valence-corrected chi connectivity index (χ2v) is 5.68. The molecule has 0 aliphatic rings. The molecule has 3 aromatic heterocycles. The fourth-order valence-corrected chi connectivity index (χ4v) is 2.67. The largest absolute Gasteiger partial charge is 0.368 e. The molecule has 0 saturated heterocycles. The summed E-state index contributed by atoms with van der Waals surface area (Å²) < 4.78 is 14.8. The van der Waals surface area contributed by atoms with E-state index in [1.807, 2.05) is 6.07 Å². The molecule has 4 rings (SSSR count). The second-order valence-electron chi connectivity index (χ2n) is 5.68. The summed E-state index contributed by atoms with van der Waals surface area (Å²) in [6.07, 6.45) is 1.49. The van der Waals surface area contributed by atoms with Gasteiger partial charge in [-0.2, -0.15) is 5.26 Å². The zero-order valence-electron chi connectivity index (χ0n) is 13.9. The van der Waals surface area contributed by atoms with Crippen LogP contribution in [0.4, 0.5) is 16.0 Å². The number of hydrogen-bond donors (Lipinski definition) is 3. The summed E-state index contributed by atoms with van der Waals surface area (Å²) in [5.41, 5.74) is 1.12. The lowest BCUT2D eigenvalue weighted by Crippen LogP contribution is -2.17. The molecule has 0 radical (unpaired) electrons. The van der Waals surface area contributed by atoms with Crippen LogP contribution in [0.5, 0.6) is 0 Å². The van der Waals surface area contributed by atoms with Crippen molar-refractivity contribution < 1.29 is 4.39 Å². The Morgan fingerprint density at radius 3 is 2.85 bits per heavy atom. The molecule has 0 aliphatic heterocycles. The highest BCUT2D eigenvalue weighted by atomic mass is 19.1. The third-order valence-electron chi connectivity index (χ3n) is 3.91. The number of rotatable bonds is 5. The maximum atomic E-state index is 13.5. The minimum absolute atomic E-state index is 0.287. The predicted molar refractivity (Wildman–Crippen MR) is 97.0 cm³/mol. The lowest BCUT2D eigenvalue weighted by molar-refractivity contribution is 0.629. The van der Waals surface area contributed by atoms with Gasteiger partial charge in [0.2, 0.25) is 5.65 Å². The van der Waals surface area contributed by atoms with E-state index >= 15 is 0 Å². The summed E-state index contributed by atoms with van der Waals surface area (Å²) in [6, 6.07) is 9.43. The molecule has 0 atom stereocenters. The van der Waals surface area contributed by atoms with E-state index < -0.39 is 11.5 Å². The Labute approximate surface area is 151 Å². The van der Waals surface area contributed by atoms with Gasteiger partial charge in [0.15, 0.2) is 5.82 Å². The number of nitrogens with zero attached hydrogens (tertiary/aromatic N) is 5. The summed E-state index contributed by atoms with van der Waals surface area (Å²) in [7, 11) is 0.